The van der Waals surface area contributed by atoms with Crippen LogP contribution in [0.25, 0.3) is 11.3 Å². The number of carbonyl (C=O) groups is 2. The van der Waals surface area contributed by atoms with Crippen molar-refractivity contribution in [1.29, 1.82) is 0 Å². The van der Waals surface area contributed by atoms with Crippen LogP contribution in [-0.2, 0) is 4.79 Å². The molecule has 0 spiro atoms. The second-order valence-corrected chi connectivity index (χ2v) is 5.97. The van der Waals surface area contributed by atoms with E-state index < -0.39 is 5.97 Å². The van der Waals surface area contributed by atoms with E-state index in [4.69, 9.17) is 9.52 Å². The third-order valence-corrected chi connectivity index (χ3v) is 3.92. The molecule has 0 atom stereocenters. The quantitative estimate of drug-likeness (QED) is 0.833. The molecule has 0 aliphatic carbocycles. The van der Waals surface area contributed by atoms with E-state index in [9.17, 15) is 9.59 Å². The normalized spacial score (nSPS) is 10.8. The highest BCUT2D eigenvalue weighted by Gasteiger charge is 2.19. The first-order valence-electron chi connectivity index (χ1n) is 8.13. The predicted octanol–water partition coefficient (Wildman–Crippen LogP) is 4.01. The summed E-state index contributed by atoms with van der Waals surface area (Å²) < 4.78 is 5.72. The zero-order valence-electron chi connectivity index (χ0n) is 14.3. The van der Waals surface area contributed by atoms with Crippen molar-refractivity contribution in [2.75, 3.05) is 13.1 Å². The molecule has 5 nitrogen and oxygen atoms in total. The second-order valence-electron chi connectivity index (χ2n) is 5.97. The maximum atomic E-state index is 12.4. The molecule has 1 heterocycles. The van der Waals surface area contributed by atoms with E-state index in [1.54, 1.807) is 12.1 Å². The lowest BCUT2D eigenvalue weighted by atomic mass is 10.0. The van der Waals surface area contributed by atoms with Gasteiger partial charge < -0.3 is 14.4 Å². The summed E-state index contributed by atoms with van der Waals surface area (Å²) in [5, 5.41) is 8.77. The summed E-state index contributed by atoms with van der Waals surface area (Å²) in [6.07, 6.45) is -0.0798. The number of carbonyl (C=O) groups excluding carboxylic acids is 1. The Labute approximate surface area is 141 Å². The van der Waals surface area contributed by atoms with Crippen LogP contribution in [0.2, 0.25) is 0 Å². The minimum absolute atomic E-state index is 0.0798. The minimum atomic E-state index is -0.924. The first-order chi connectivity index (χ1) is 11.4. The smallest absolute Gasteiger partial charge is 0.305 e. The van der Waals surface area contributed by atoms with Crippen molar-refractivity contribution >= 4 is 11.9 Å². The fourth-order valence-corrected chi connectivity index (χ4v) is 2.45. The van der Waals surface area contributed by atoms with Gasteiger partial charge >= 0.3 is 5.97 Å². The topological polar surface area (TPSA) is 70.8 Å². The van der Waals surface area contributed by atoms with Gasteiger partial charge in [0.1, 0.15) is 5.76 Å². The molecule has 1 N–H and O–H groups in total. The number of furan rings is 1. The van der Waals surface area contributed by atoms with Gasteiger partial charge in [0.25, 0.3) is 5.91 Å². The molecule has 0 saturated heterocycles. The zero-order chi connectivity index (χ0) is 17.7. The first kappa shape index (κ1) is 17.8. The van der Waals surface area contributed by atoms with E-state index >= 15 is 0 Å². The molecule has 2 aromatic rings. The van der Waals surface area contributed by atoms with Crippen LogP contribution in [0.5, 0.6) is 0 Å². The number of nitrogens with zero attached hydrogens (tertiary/aromatic N) is 1. The fourth-order valence-electron chi connectivity index (χ4n) is 2.45. The van der Waals surface area contributed by atoms with Crippen LogP contribution in [0, 0.1) is 0 Å². The summed E-state index contributed by atoms with van der Waals surface area (Å²) in [7, 11) is 0. The van der Waals surface area contributed by atoms with Crippen molar-refractivity contribution in [3.63, 3.8) is 0 Å². The maximum Gasteiger partial charge on any atom is 0.305 e. The number of carboxylic acids is 1. The number of aliphatic carboxylic acids is 1. The monoisotopic (exact) mass is 329 g/mol. The van der Waals surface area contributed by atoms with Crippen molar-refractivity contribution < 1.29 is 19.1 Å². The average Bonchev–Trinajstić information content (AvgIpc) is 3.05. The lowest BCUT2D eigenvalue weighted by molar-refractivity contribution is -0.137. The Morgan fingerprint density at radius 3 is 2.58 bits per heavy atom. The van der Waals surface area contributed by atoms with Gasteiger partial charge in [0.15, 0.2) is 5.76 Å². The van der Waals surface area contributed by atoms with Crippen LogP contribution in [0.15, 0.2) is 40.8 Å². The minimum Gasteiger partial charge on any atom is -0.481 e. The number of rotatable bonds is 7. The molecule has 128 valence electrons. The third-order valence-electron chi connectivity index (χ3n) is 3.92. The summed E-state index contributed by atoms with van der Waals surface area (Å²) >= 11 is 0. The zero-order valence-corrected chi connectivity index (χ0v) is 14.3. The Kier molecular flexibility index (Phi) is 5.79. The Hall–Kier alpha value is -2.56. The number of benzene rings is 1. The van der Waals surface area contributed by atoms with Crippen LogP contribution in [0.1, 0.15) is 49.2 Å². The molecule has 0 aliphatic heterocycles. The summed E-state index contributed by atoms with van der Waals surface area (Å²) in [5.74, 6) is 0.0619. The Bertz CT molecular complexity index is 718. The maximum absolute atomic E-state index is 12.4. The van der Waals surface area contributed by atoms with Crippen molar-refractivity contribution in [3.8, 4) is 11.3 Å². The molecule has 1 aromatic heterocycles. The highest BCUT2D eigenvalue weighted by molar-refractivity contribution is 5.92. The number of hydrogen-bond acceptors (Lipinski definition) is 3. The Morgan fingerprint density at radius 2 is 1.96 bits per heavy atom. The van der Waals surface area contributed by atoms with Crippen LogP contribution in [0.4, 0.5) is 0 Å². The Balaban J connectivity index is 2.18. The highest BCUT2D eigenvalue weighted by atomic mass is 16.4. The van der Waals surface area contributed by atoms with E-state index in [1.165, 1.54) is 10.5 Å². The average molecular weight is 329 g/mol. The Morgan fingerprint density at radius 1 is 1.21 bits per heavy atom. The molecular formula is C19H23NO4. The fraction of sp³-hybridized carbons (Fsp3) is 0.368. The summed E-state index contributed by atoms with van der Waals surface area (Å²) in [6.45, 7) is 6.67. The van der Waals surface area contributed by atoms with Crippen molar-refractivity contribution in [2.24, 2.45) is 0 Å². The molecule has 2 rings (SSSR count). The molecule has 1 aromatic carbocycles. The van der Waals surface area contributed by atoms with Crippen LogP contribution >= 0.6 is 0 Å². The second kappa shape index (κ2) is 7.81. The van der Waals surface area contributed by atoms with Crippen LogP contribution < -0.4 is 0 Å². The molecule has 0 aliphatic rings. The van der Waals surface area contributed by atoms with Crippen molar-refractivity contribution in [1.82, 2.24) is 4.90 Å². The number of carboxylic acid groups (broad SMARTS) is 1. The highest BCUT2D eigenvalue weighted by Crippen LogP contribution is 2.26. The van der Waals surface area contributed by atoms with Gasteiger partial charge in [0.05, 0.1) is 6.42 Å². The molecule has 0 bridgehead atoms. The molecule has 0 saturated carbocycles. The third kappa shape index (κ3) is 4.25. The van der Waals surface area contributed by atoms with Crippen molar-refractivity contribution in [3.05, 3.63) is 47.7 Å². The van der Waals surface area contributed by atoms with E-state index in [2.05, 4.69) is 26.0 Å². The SMILES string of the molecule is CCN(CCC(=O)O)C(=O)c1ccc(-c2cccc(C(C)C)c2)o1. The molecule has 0 radical (unpaired) electrons. The van der Waals surface area contributed by atoms with Gasteiger partial charge in [-0.3, -0.25) is 9.59 Å². The van der Waals surface area contributed by atoms with Gasteiger partial charge in [-0.1, -0.05) is 32.0 Å². The van der Waals surface area contributed by atoms with E-state index in [0.29, 0.717) is 18.2 Å². The first-order valence-corrected chi connectivity index (χ1v) is 8.13. The summed E-state index contributed by atoms with van der Waals surface area (Å²) in [6, 6.07) is 11.5. The lowest BCUT2D eigenvalue weighted by Gasteiger charge is -2.18. The van der Waals surface area contributed by atoms with Gasteiger partial charge in [0, 0.05) is 18.7 Å². The van der Waals surface area contributed by atoms with Gasteiger partial charge in [-0.25, -0.2) is 0 Å². The number of hydrogen-bond donors (Lipinski definition) is 1. The molecule has 0 unspecified atom stereocenters. The molecule has 24 heavy (non-hydrogen) atoms. The largest absolute Gasteiger partial charge is 0.481 e. The standard InChI is InChI=1S/C19H23NO4/c1-4-20(11-10-18(21)22)19(23)17-9-8-16(24-17)15-7-5-6-14(12-15)13(2)3/h5-9,12-13H,4,10-11H2,1-3H3,(H,21,22). The van der Waals surface area contributed by atoms with Crippen LogP contribution in [-0.4, -0.2) is 35.0 Å². The van der Waals surface area contributed by atoms with Gasteiger partial charge in [0.2, 0.25) is 0 Å². The number of amides is 1. The van der Waals surface area contributed by atoms with Crippen LogP contribution in [0.3, 0.4) is 0 Å². The van der Waals surface area contributed by atoms with Gasteiger partial charge in [-0.2, -0.15) is 0 Å². The molecule has 1 amide bonds. The lowest BCUT2D eigenvalue weighted by Crippen LogP contribution is -2.32. The molecular weight excluding hydrogens is 306 g/mol. The molecule has 5 heteroatoms. The van der Waals surface area contributed by atoms with Gasteiger partial charge in [-0.15, -0.1) is 0 Å². The summed E-state index contributed by atoms with van der Waals surface area (Å²) in [4.78, 5) is 24.6. The van der Waals surface area contributed by atoms with E-state index in [0.717, 1.165) is 5.56 Å². The van der Waals surface area contributed by atoms with E-state index in [1.807, 2.05) is 19.1 Å². The summed E-state index contributed by atoms with van der Waals surface area (Å²) in [5.41, 5.74) is 2.13. The predicted molar refractivity (Wildman–Crippen MR) is 92.1 cm³/mol. The van der Waals surface area contributed by atoms with Gasteiger partial charge in [-0.05, 0) is 36.6 Å². The van der Waals surface area contributed by atoms with E-state index in [-0.39, 0.29) is 24.6 Å². The van der Waals surface area contributed by atoms with Crippen molar-refractivity contribution in [2.45, 2.75) is 33.1 Å². The molecule has 0 fully saturated rings.